The molecule has 0 spiro atoms. The first-order valence-corrected chi connectivity index (χ1v) is 5.88. The Bertz CT molecular complexity index is 248. The zero-order chi connectivity index (χ0) is 11.1. The molecule has 1 saturated carbocycles. The molecule has 1 aliphatic carbocycles. The van der Waals surface area contributed by atoms with Crippen LogP contribution in [0.3, 0.4) is 0 Å². The fourth-order valence-electron chi connectivity index (χ4n) is 2.00. The molecule has 0 saturated heterocycles. The van der Waals surface area contributed by atoms with Crippen molar-refractivity contribution in [3.63, 3.8) is 0 Å². The van der Waals surface area contributed by atoms with Gasteiger partial charge in [-0.3, -0.25) is 5.41 Å². The van der Waals surface area contributed by atoms with Gasteiger partial charge in [-0.2, -0.15) is 0 Å². The van der Waals surface area contributed by atoms with Crippen LogP contribution in [0.4, 0.5) is 0 Å². The zero-order valence-electron chi connectivity index (χ0n) is 9.55. The molecule has 0 aromatic heterocycles. The predicted molar refractivity (Wildman–Crippen MR) is 65.4 cm³/mol. The van der Waals surface area contributed by atoms with E-state index in [4.69, 9.17) is 10.8 Å². The number of nitrogens with zero attached hydrogens (tertiary/aromatic N) is 1. The van der Waals surface area contributed by atoms with Crippen LogP contribution < -0.4 is 0 Å². The van der Waals surface area contributed by atoms with E-state index in [2.05, 4.69) is 4.99 Å². The number of hydrogen-bond donors (Lipinski definition) is 2. The van der Waals surface area contributed by atoms with Crippen molar-refractivity contribution >= 4 is 17.8 Å². The summed E-state index contributed by atoms with van der Waals surface area (Å²) < 4.78 is 0. The van der Waals surface area contributed by atoms with E-state index in [0.29, 0.717) is 17.5 Å². The van der Waals surface area contributed by atoms with Crippen molar-refractivity contribution in [2.24, 2.45) is 10.9 Å². The van der Waals surface area contributed by atoms with Crippen molar-refractivity contribution in [1.82, 2.24) is 0 Å². The summed E-state index contributed by atoms with van der Waals surface area (Å²) in [5.74, 6) is 0.810. The summed E-state index contributed by atoms with van der Waals surface area (Å²) in [6.07, 6.45) is 10.1. The molecule has 3 heteroatoms. The molecule has 1 rings (SSSR count). The van der Waals surface area contributed by atoms with E-state index in [1.807, 2.05) is 0 Å². The van der Waals surface area contributed by atoms with Gasteiger partial charge in [0.25, 0.3) is 0 Å². The first kappa shape index (κ1) is 12.1. The highest BCUT2D eigenvalue weighted by molar-refractivity contribution is 6.29. The predicted octanol–water partition coefficient (Wildman–Crippen LogP) is 3.43. The number of aliphatic imine (C=N–C) groups is 1. The molecule has 0 amide bonds. The molecule has 0 heterocycles. The smallest absolute Gasteiger partial charge is 0.123 e. The Balaban J connectivity index is 2.45. The van der Waals surface area contributed by atoms with Crippen molar-refractivity contribution in [2.45, 2.75) is 51.9 Å². The topological polar surface area (TPSA) is 60.1 Å². The Morgan fingerprint density at radius 1 is 1.07 bits per heavy atom. The lowest BCUT2D eigenvalue weighted by molar-refractivity contribution is 0.449. The van der Waals surface area contributed by atoms with E-state index < -0.39 is 0 Å². The fourth-order valence-corrected chi connectivity index (χ4v) is 2.00. The van der Waals surface area contributed by atoms with Crippen LogP contribution >= 0.6 is 0 Å². The second kappa shape index (κ2) is 6.49. The Kier molecular flexibility index (Phi) is 5.22. The molecule has 0 aromatic rings. The van der Waals surface area contributed by atoms with Gasteiger partial charge >= 0.3 is 0 Å². The third-order valence-electron chi connectivity index (χ3n) is 2.89. The van der Waals surface area contributed by atoms with Crippen LogP contribution in [0, 0.1) is 16.7 Å². The van der Waals surface area contributed by atoms with Crippen molar-refractivity contribution in [1.29, 1.82) is 10.8 Å². The second-order valence-electron chi connectivity index (χ2n) is 4.37. The molecule has 0 bridgehead atoms. The zero-order valence-corrected chi connectivity index (χ0v) is 9.55. The van der Waals surface area contributed by atoms with E-state index in [1.165, 1.54) is 38.3 Å². The average molecular weight is 207 g/mol. The first-order valence-electron chi connectivity index (χ1n) is 5.88. The minimum atomic E-state index is 0.334. The van der Waals surface area contributed by atoms with Crippen LogP contribution in [0.1, 0.15) is 51.9 Å². The van der Waals surface area contributed by atoms with Crippen molar-refractivity contribution in [3.8, 4) is 0 Å². The minimum Gasteiger partial charge on any atom is -0.304 e. The molecule has 3 nitrogen and oxygen atoms in total. The third-order valence-corrected chi connectivity index (χ3v) is 2.89. The molecular weight excluding hydrogens is 186 g/mol. The Morgan fingerprint density at radius 2 is 1.60 bits per heavy atom. The van der Waals surface area contributed by atoms with Crippen LogP contribution in [-0.4, -0.2) is 17.8 Å². The maximum atomic E-state index is 7.85. The molecule has 1 aliphatic rings. The largest absolute Gasteiger partial charge is 0.304 e. The highest BCUT2D eigenvalue weighted by Gasteiger charge is 2.15. The summed E-state index contributed by atoms with van der Waals surface area (Å²) in [7, 11) is 0. The van der Waals surface area contributed by atoms with Crippen molar-refractivity contribution in [3.05, 3.63) is 0 Å². The quantitative estimate of drug-likeness (QED) is 0.515. The normalized spacial score (nSPS) is 19.8. The third kappa shape index (κ3) is 4.86. The fraction of sp³-hybridized carbons (Fsp3) is 0.750. The summed E-state index contributed by atoms with van der Waals surface area (Å²) in [5.41, 5.74) is 0.422. The molecule has 0 atom stereocenters. The molecule has 0 unspecified atom stereocenters. The first-order chi connectivity index (χ1) is 7.20. The standard InChI is InChI=1S/C12H21N3/c1-10(13)9-15-12(14)11-7-5-3-2-4-6-8-11/h9,11,13-14H,2-8H2,1H3. The SMILES string of the molecule is CC(=N)C=NC(=N)C1CCCCCCC1. The molecule has 0 aromatic carbocycles. The minimum absolute atomic E-state index is 0.334. The lowest BCUT2D eigenvalue weighted by Crippen LogP contribution is -2.14. The number of rotatable bonds is 2. The van der Waals surface area contributed by atoms with Crippen LogP contribution in [0.2, 0.25) is 0 Å². The van der Waals surface area contributed by atoms with Gasteiger partial charge in [-0.1, -0.05) is 32.1 Å². The van der Waals surface area contributed by atoms with Gasteiger partial charge in [0.2, 0.25) is 0 Å². The highest BCUT2D eigenvalue weighted by atomic mass is 14.8. The average Bonchev–Trinajstić information content (AvgIpc) is 2.13. The Hall–Kier alpha value is -0.990. The molecular formula is C12H21N3. The van der Waals surface area contributed by atoms with Gasteiger partial charge in [-0.25, -0.2) is 4.99 Å². The van der Waals surface area contributed by atoms with Gasteiger partial charge < -0.3 is 5.41 Å². The van der Waals surface area contributed by atoms with Crippen LogP contribution in [0.5, 0.6) is 0 Å². The maximum absolute atomic E-state index is 7.85. The lowest BCUT2D eigenvalue weighted by Gasteiger charge is -2.17. The summed E-state index contributed by atoms with van der Waals surface area (Å²) in [6, 6.07) is 0. The van der Waals surface area contributed by atoms with Gasteiger partial charge in [0.1, 0.15) is 5.84 Å². The summed E-state index contributed by atoms with van der Waals surface area (Å²) >= 11 is 0. The van der Waals surface area contributed by atoms with E-state index in [9.17, 15) is 0 Å². The molecule has 1 fully saturated rings. The molecule has 2 N–H and O–H groups in total. The van der Waals surface area contributed by atoms with Crippen LogP contribution in [0.25, 0.3) is 0 Å². The number of amidine groups is 1. The Morgan fingerprint density at radius 3 is 2.13 bits per heavy atom. The monoisotopic (exact) mass is 207 g/mol. The lowest BCUT2D eigenvalue weighted by atomic mass is 9.90. The van der Waals surface area contributed by atoms with Gasteiger partial charge in [0, 0.05) is 17.8 Å². The molecule has 0 radical (unpaired) electrons. The van der Waals surface area contributed by atoms with Crippen LogP contribution in [0.15, 0.2) is 4.99 Å². The second-order valence-corrected chi connectivity index (χ2v) is 4.37. The molecule has 84 valence electrons. The maximum Gasteiger partial charge on any atom is 0.123 e. The van der Waals surface area contributed by atoms with Crippen LogP contribution in [-0.2, 0) is 0 Å². The number of hydrogen-bond acceptors (Lipinski definition) is 2. The van der Waals surface area contributed by atoms with E-state index >= 15 is 0 Å². The molecule has 15 heavy (non-hydrogen) atoms. The van der Waals surface area contributed by atoms with Gasteiger partial charge in [-0.05, 0) is 19.8 Å². The van der Waals surface area contributed by atoms with Gasteiger partial charge in [-0.15, -0.1) is 0 Å². The van der Waals surface area contributed by atoms with Gasteiger partial charge in [0.05, 0.1) is 0 Å². The number of nitrogens with one attached hydrogen (secondary N) is 2. The van der Waals surface area contributed by atoms with E-state index in [0.717, 1.165) is 12.8 Å². The van der Waals surface area contributed by atoms with E-state index in [1.54, 1.807) is 6.92 Å². The summed E-state index contributed by atoms with van der Waals surface area (Å²) in [4.78, 5) is 4.05. The highest BCUT2D eigenvalue weighted by Crippen LogP contribution is 2.23. The molecule has 0 aliphatic heterocycles. The van der Waals surface area contributed by atoms with Crippen molar-refractivity contribution < 1.29 is 0 Å². The van der Waals surface area contributed by atoms with Crippen molar-refractivity contribution in [2.75, 3.05) is 0 Å². The summed E-state index contributed by atoms with van der Waals surface area (Å²) in [6.45, 7) is 1.69. The van der Waals surface area contributed by atoms with Gasteiger partial charge in [0.15, 0.2) is 0 Å². The van der Waals surface area contributed by atoms with E-state index in [-0.39, 0.29) is 0 Å². The Labute approximate surface area is 92.0 Å². The summed E-state index contributed by atoms with van der Waals surface area (Å²) in [5, 5.41) is 15.1.